The molecule has 1 saturated carbocycles. The number of esters is 1. The van der Waals surface area contributed by atoms with E-state index in [9.17, 15) is 35.1 Å². The molecule has 1 rings (SSSR count). The van der Waals surface area contributed by atoms with Crippen molar-refractivity contribution in [2.24, 2.45) is 11.8 Å². The fourth-order valence-corrected chi connectivity index (χ4v) is 4.78. The Morgan fingerprint density at radius 1 is 0.953 bits per heavy atom. The molecule has 0 radical (unpaired) electrons. The van der Waals surface area contributed by atoms with Crippen molar-refractivity contribution < 1.29 is 45.0 Å². The van der Waals surface area contributed by atoms with Crippen molar-refractivity contribution in [2.45, 2.75) is 101 Å². The highest BCUT2D eigenvalue weighted by Gasteiger charge is 2.34. The second kappa shape index (κ2) is 20.7. The van der Waals surface area contributed by atoms with E-state index in [1.807, 2.05) is 13.8 Å². The first-order valence-electron chi connectivity index (χ1n) is 14.5. The zero-order valence-electron chi connectivity index (χ0n) is 24.9. The van der Waals surface area contributed by atoms with Crippen LogP contribution in [0.4, 0.5) is 0 Å². The number of aliphatic hydroxyl groups excluding tert-OH is 5. The quantitative estimate of drug-likeness (QED) is 0.0445. The maximum absolute atomic E-state index is 12.0. The first kappa shape index (κ1) is 38.8. The highest BCUT2D eigenvalue weighted by molar-refractivity contribution is 6.30. The second-order valence-corrected chi connectivity index (χ2v) is 11.7. The minimum Gasteiger partial charge on any atom is -0.481 e. The number of carboxylic acid groups (broad SMARTS) is 1. The molecule has 1 aliphatic rings. The number of alkyl halides is 1. The predicted octanol–water partition coefficient (Wildman–Crippen LogP) is 4.31. The van der Waals surface area contributed by atoms with Gasteiger partial charge >= 0.3 is 11.9 Å². The van der Waals surface area contributed by atoms with Crippen molar-refractivity contribution in [1.82, 2.24) is 0 Å². The zero-order valence-corrected chi connectivity index (χ0v) is 26.4. The van der Waals surface area contributed by atoms with Crippen molar-refractivity contribution in [3.8, 4) is 0 Å². The van der Waals surface area contributed by atoms with Crippen LogP contribution in [0.5, 0.6) is 0 Å². The third-order valence-corrected chi connectivity index (χ3v) is 8.14. The molecule has 1 aliphatic carbocycles. The van der Waals surface area contributed by atoms with E-state index in [1.54, 1.807) is 49.5 Å². The summed E-state index contributed by atoms with van der Waals surface area (Å²) < 4.78 is 5.35. The molecular weight excluding hydrogens is 599 g/mol. The molecule has 0 aromatic rings. The Hall–Kier alpha value is -2.24. The number of carbonyl (C=O) groups is 2. The molecule has 6 N–H and O–H groups in total. The van der Waals surface area contributed by atoms with Gasteiger partial charge in [0.1, 0.15) is 12.2 Å². The maximum atomic E-state index is 12.0. The zero-order chi connectivity index (χ0) is 32.5. The number of hydrogen-bond donors (Lipinski definition) is 6. The van der Waals surface area contributed by atoms with E-state index >= 15 is 0 Å². The Balaban J connectivity index is 2.57. The van der Waals surface area contributed by atoms with Gasteiger partial charge in [-0.2, -0.15) is 0 Å². The highest BCUT2D eigenvalue weighted by Crippen LogP contribution is 2.27. The average Bonchev–Trinajstić information content (AvgIpc) is 2.98. The molecule has 0 bridgehead atoms. The normalized spacial score (nSPS) is 23.9. The first-order valence-corrected chi connectivity index (χ1v) is 15.3. The van der Waals surface area contributed by atoms with Crippen LogP contribution in [-0.2, 0) is 14.3 Å². The van der Waals surface area contributed by atoms with Crippen LogP contribution in [0, 0.1) is 11.8 Å². The topological polar surface area (TPSA) is 165 Å². The Morgan fingerprint density at radius 3 is 2.26 bits per heavy atom. The summed E-state index contributed by atoms with van der Waals surface area (Å²) in [5.74, 6) is -2.59. The van der Waals surface area contributed by atoms with Gasteiger partial charge in [0.05, 0.1) is 35.7 Å². The SMILES string of the molecule is CC/C=C/[C@@H](O)[C@@H](Cl)[C@H](O)C[C@@H](O)[C@@H](O)[C@H](O)[C@H](C)/C(Cl)=C/C=C/C=C(C)/C=C/C=C/C(=O)O[C@H]1CCC[C@H](C(=O)O)C1. The number of carboxylic acids is 1. The summed E-state index contributed by atoms with van der Waals surface area (Å²) >= 11 is 12.3. The smallest absolute Gasteiger partial charge is 0.331 e. The number of hydrogen-bond acceptors (Lipinski definition) is 8. The Kier molecular flexibility index (Phi) is 18.6. The van der Waals surface area contributed by atoms with Crippen molar-refractivity contribution in [3.05, 3.63) is 71.4 Å². The molecule has 0 heterocycles. The third-order valence-electron chi connectivity index (χ3n) is 7.12. The minimum absolute atomic E-state index is 0.224. The van der Waals surface area contributed by atoms with Crippen LogP contribution in [0.3, 0.4) is 0 Å². The Morgan fingerprint density at radius 2 is 1.60 bits per heavy atom. The number of aliphatic carboxylic acids is 1. The summed E-state index contributed by atoms with van der Waals surface area (Å²) in [5, 5.41) is 59.7. The van der Waals surface area contributed by atoms with E-state index in [2.05, 4.69) is 0 Å². The summed E-state index contributed by atoms with van der Waals surface area (Å²) in [6.07, 6.45) is 11.3. The maximum Gasteiger partial charge on any atom is 0.331 e. The van der Waals surface area contributed by atoms with Crippen LogP contribution < -0.4 is 0 Å². The molecule has 9 atom stereocenters. The lowest BCUT2D eigenvalue weighted by molar-refractivity contribution is -0.151. The van der Waals surface area contributed by atoms with E-state index in [1.165, 1.54) is 18.2 Å². The number of ether oxygens (including phenoxy) is 1. The summed E-state index contributed by atoms with van der Waals surface area (Å²) in [5.41, 5.74) is 0.855. The minimum atomic E-state index is -1.62. The summed E-state index contributed by atoms with van der Waals surface area (Å²) in [7, 11) is 0. The van der Waals surface area contributed by atoms with E-state index in [4.69, 9.17) is 33.0 Å². The molecule has 1 fully saturated rings. The van der Waals surface area contributed by atoms with Gasteiger partial charge in [-0.05, 0) is 45.1 Å². The lowest BCUT2D eigenvalue weighted by atomic mass is 9.87. The number of halogens is 2. The summed E-state index contributed by atoms with van der Waals surface area (Å²) in [6, 6.07) is 0. The number of allylic oxidation sites excluding steroid dienone is 9. The molecule has 0 unspecified atom stereocenters. The number of aliphatic hydroxyl groups is 5. The molecule has 0 aromatic heterocycles. The van der Waals surface area contributed by atoms with Crippen molar-refractivity contribution in [2.75, 3.05) is 0 Å². The standard InChI is InChI=1S/C32H46Cl2O9/c1-4-5-16-25(35)29(34)26(36)19-27(37)31(40)30(39)21(3)24(33)15-8-6-11-20(2)12-7-9-17-28(38)43-23-14-10-13-22(18-23)32(41)42/h5-9,11-12,15-17,21-23,25-27,29-31,35-37,39-40H,4,10,13-14,18-19H2,1-3H3,(H,41,42)/b8-6+,12-7+,16-5+,17-9+,20-11+,24-15-/t21-,22+,23+,25-,26-,27-,29-,30-,31-/m1/s1. The predicted molar refractivity (Wildman–Crippen MR) is 167 cm³/mol. The summed E-state index contributed by atoms with van der Waals surface area (Å²) in [6.45, 7) is 5.29. The fourth-order valence-electron chi connectivity index (χ4n) is 4.40. The van der Waals surface area contributed by atoms with E-state index in [0.29, 0.717) is 32.1 Å². The van der Waals surface area contributed by atoms with Crippen molar-refractivity contribution >= 4 is 35.1 Å². The van der Waals surface area contributed by atoms with Crippen LogP contribution in [0.25, 0.3) is 0 Å². The van der Waals surface area contributed by atoms with Gasteiger partial charge in [-0.15, -0.1) is 11.6 Å². The van der Waals surface area contributed by atoms with Gasteiger partial charge in [0.15, 0.2) is 0 Å². The largest absolute Gasteiger partial charge is 0.481 e. The van der Waals surface area contributed by atoms with Crippen LogP contribution >= 0.6 is 23.2 Å². The van der Waals surface area contributed by atoms with Crippen LogP contribution in [0.15, 0.2) is 71.4 Å². The van der Waals surface area contributed by atoms with Crippen LogP contribution in [-0.4, -0.2) is 84.6 Å². The number of carbonyl (C=O) groups excluding carboxylic acids is 1. The van der Waals surface area contributed by atoms with Gasteiger partial charge in [-0.3, -0.25) is 4.79 Å². The van der Waals surface area contributed by atoms with Gasteiger partial charge in [-0.25, -0.2) is 4.79 Å². The van der Waals surface area contributed by atoms with Gasteiger partial charge in [0.2, 0.25) is 0 Å². The van der Waals surface area contributed by atoms with E-state index in [0.717, 1.165) is 5.57 Å². The molecule has 0 aromatic carbocycles. The van der Waals surface area contributed by atoms with Gasteiger partial charge in [0, 0.05) is 23.4 Å². The van der Waals surface area contributed by atoms with E-state index in [-0.39, 0.29) is 17.6 Å². The van der Waals surface area contributed by atoms with Crippen molar-refractivity contribution in [3.63, 3.8) is 0 Å². The first-order chi connectivity index (χ1) is 20.3. The Bertz CT molecular complexity index is 1050. The van der Waals surface area contributed by atoms with Crippen LogP contribution in [0.1, 0.15) is 59.3 Å². The van der Waals surface area contributed by atoms with Gasteiger partial charge in [-0.1, -0.05) is 79.6 Å². The molecule has 43 heavy (non-hydrogen) atoms. The molecule has 242 valence electrons. The lowest BCUT2D eigenvalue weighted by Crippen LogP contribution is -2.44. The van der Waals surface area contributed by atoms with Crippen molar-refractivity contribution in [1.29, 1.82) is 0 Å². The van der Waals surface area contributed by atoms with Crippen LogP contribution in [0.2, 0.25) is 0 Å². The monoisotopic (exact) mass is 644 g/mol. The van der Waals surface area contributed by atoms with Gasteiger partial charge in [0.25, 0.3) is 0 Å². The lowest BCUT2D eigenvalue weighted by Gasteiger charge is -2.29. The number of rotatable bonds is 17. The fraction of sp³-hybridized carbons (Fsp3) is 0.562. The Labute approximate surface area is 264 Å². The molecule has 0 aliphatic heterocycles. The summed E-state index contributed by atoms with van der Waals surface area (Å²) in [4.78, 5) is 23.2. The molecule has 0 spiro atoms. The molecule has 11 heteroatoms. The second-order valence-electron chi connectivity index (χ2n) is 10.7. The molecule has 9 nitrogen and oxygen atoms in total. The molecule has 0 saturated heterocycles. The van der Waals surface area contributed by atoms with Gasteiger partial charge < -0.3 is 35.4 Å². The molecular formula is C32H46Cl2O9. The molecule has 0 amide bonds. The average molecular weight is 646 g/mol. The highest BCUT2D eigenvalue weighted by atomic mass is 35.5. The van der Waals surface area contributed by atoms with E-state index < -0.39 is 59.7 Å². The third kappa shape index (κ3) is 14.9.